The lowest BCUT2D eigenvalue weighted by Gasteiger charge is -2.23. The second kappa shape index (κ2) is 8.28. The summed E-state index contributed by atoms with van der Waals surface area (Å²) in [5, 5.41) is 12.9. The molecule has 3 heteroatoms. The molecule has 0 saturated heterocycles. The number of rotatable bonds is 8. The van der Waals surface area contributed by atoms with Crippen molar-refractivity contribution >= 4 is 0 Å². The number of aliphatic hydroxyl groups excluding tert-OH is 1. The minimum atomic E-state index is 0.150. The first-order chi connectivity index (χ1) is 9.42. The Balaban J connectivity index is 2.60. The van der Waals surface area contributed by atoms with Crippen LogP contribution in [-0.2, 0) is 0 Å². The molecule has 0 aromatic heterocycles. The van der Waals surface area contributed by atoms with E-state index in [0.29, 0.717) is 5.92 Å². The Kier molecular flexibility index (Phi) is 7.03. The zero-order valence-electron chi connectivity index (χ0n) is 13.4. The van der Waals surface area contributed by atoms with Gasteiger partial charge in [0.25, 0.3) is 0 Å². The minimum Gasteiger partial charge on any atom is -0.491 e. The molecule has 20 heavy (non-hydrogen) atoms. The Bertz CT molecular complexity index is 373. The summed E-state index contributed by atoms with van der Waals surface area (Å²) in [6.45, 7) is 10.7. The molecule has 0 radical (unpaired) electrons. The molecule has 0 aliphatic heterocycles. The fourth-order valence-electron chi connectivity index (χ4n) is 2.32. The van der Waals surface area contributed by atoms with E-state index in [2.05, 4.69) is 38.2 Å². The van der Waals surface area contributed by atoms with Crippen LogP contribution in [0.3, 0.4) is 0 Å². The number of hydrogen-bond donors (Lipinski definition) is 2. The van der Waals surface area contributed by atoms with Gasteiger partial charge in [0, 0.05) is 12.1 Å². The molecule has 2 atom stereocenters. The zero-order valence-corrected chi connectivity index (χ0v) is 13.4. The van der Waals surface area contributed by atoms with Crippen molar-refractivity contribution in [2.24, 2.45) is 5.92 Å². The molecule has 1 aromatic carbocycles. The number of nitrogens with one attached hydrogen (secondary N) is 1. The molecule has 2 N–H and O–H groups in total. The summed E-state index contributed by atoms with van der Waals surface area (Å²) in [4.78, 5) is 0. The van der Waals surface area contributed by atoms with E-state index in [1.165, 1.54) is 5.56 Å². The van der Waals surface area contributed by atoms with Gasteiger partial charge in [0.1, 0.15) is 5.75 Å². The Labute approximate surface area is 123 Å². The third-order valence-corrected chi connectivity index (χ3v) is 3.21. The quantitative estimate of drug-likeness (QED) is 0.765. The first kappa shape index (κ1) is 17.0. The van der Waals surface area contributed by atoms with Crippen LogP contribution in [0.4, 0.5) is 0 Å². The van der Waals surface area contributed by atoms with Gasteiger partial charge in [0.2, 0.25) is 0 Å². The van der Waals surface area contributed by atoms with Gasteiger partial charge >= 0.3 is 0 Å². The minimum absolute atomic E-state index is 0.150. The Morgan fingerprint density at radius 3 is 2.10 bits per heavy atom. The smallest absolute Gasteiger partial charge is 0.119 e. The van der Waals surface area contributed by atoms with Crippen LogP contribution in [0, 0.1) is 5.92 Å². The van der Waals surface area contributed by atoms with Crippen molar-refractivity contribution in [3.8, 4) is 5.75 Å². The highest BCUT2D eigenvalue weighted by Gasteiger charge is 2.14. The van der Waals surface area contributed by atoms with Gasteiger partial charge in [-0.2, -0.15) is 0 Å². The number of ether oxygens (including phenoxy) is 1. The van der Waals surface area contributed by atoms with Crippen molar-refractivity contribution in [1.82, 2.24) is 5.32 Å². The number of aliphatic hydroxyl groups is 1. The molecule has 2 unspecified atom stereocenters. The summed E-state index contributed by atoms with van der Waals surface area (Å²) in [5.41, 5.74) is 1.21. The van der Waals surface area contributed by atoms with E-state index >= 15 is 0 Å². The molecule has 0 heterocycles. The number of hydrogen-bond acceptors (Lipinski definition) is 3. The second-order valence-corrected chi connectivity index (χ2v) is 6.13. The van der Waals surface area contributed by atoms with Gasteiger partial charge in [0.15, 0.2) is 0 Å². The topological polar surface area (TPSA) is 41.5 Å². The summed E-state index contributed by atoms with van der Waals surface area (Å²) in [7, 11) is 0. The van der Waals surface area contributed by atoms with Crippen molar-refractivity contribution in [3.63, 3.8) is 0 Å². The van der Waals surface area contributed by atoms with Crippen LogP contribution in [-0.4, -0.2) is 23.9 Å². The van der Waals surface area contributed by atoms with Crippen LogP contribution in [0.2, 0.25) is 0 Å². The molecule has 114 valence electrons. The summed E-state index contributed by atoms with van der Waals surface area (Å²) < 4.78 is 5.64. The maximum Gasteiger partial charge on any atom is 0.119 e. The third kappa shape index (κ3) is 5.93. The Morgan fingerprint density at radius 2 is 1.65 bits per heavy atom. The van der Waals surface area contributed by atoms with Crippen LogP contribution in [0.25, 0.3) is 0 Å². The largest absolute Gasteiger partial charge is 0.491 e. The summed E-state index contributed by atoms with van der Waals surface area (Å²) in [5.74, 6) is 1.48. The van der Waals surface area contributed by atoms with Crippen molar-refractivity contribution in [2.75, 3.05) is 6.61 Å². The van der Waals surface area contributed by atoms with E-state index < -0.39 is 0 Å². The van der Waals surface area contributed by atoms with Crippen LogP contribution in [0.15, 0.2) is 24.3 Å². The van der Waals surface area contributed by atoms with Gasteiger partial charge in [-0.1, -0.05) is 26.0 Å². The van der Waals surface area contributed by atoms with Gasteiger partial charge in [-0.15, -0.1) is 0 Å². The van der Waals surface area contributed by atoms with Crippen LogP contribution in [0.5, 0.6) is 5.75 Å². The monoisotopic (exact) mass is 279 g/mol. The summed E-state index contributed by atoms with van der Waals surface area (Å²) >= 11 is 0. The van der Waals surface area contributed by atoms with Crippen LogP contribution >= 0.6 is 0 Å². The lowest BCUT2D eigenvalue weighted by Crippen LogP contribution is -2.35. The fraction of sp³-hybridized carbons (Fsp3) is 0.647. The van der Waals surface area contributed by atoms with E-state index in [1.54, 1.807) is 0 Å². The third-order valence-electron chi connectivity index (χ3n) is 3.21. The van der Waals surface area contributed by atoms with E-state index in [-0.39, 0.29) is 24.8 Å². The van der Waals surface area contributed by atoms with E-state index in [4.69, 9.17) is 4.74 Å². The molecule has 0 saturated carbocycles. The van der Waals surface area contributed by atoms with Crippen LogP contribution < -0.4 is 10.1 Å². The molecule has 1 rings (SSSR count). The van der Waals surface area contributed by atoms with Gasteiger partial charge in [-0.3, -0.25) is 0 Å². The molecule has 1 aromatic rings. The normalized spacial score (nSPS) is 14.6. The molecule has 0 bridgehead atoms. The molecule has 3 nitrogen and oxygen atoms in total. The van der Waals surface area contributed by atoms with Gasteiger partial charge < -0.3 is 15.2 Å². The predicted molar refractivity (Wildman–Crippen MR) is 84.1 cm³/mol. The van der Waals surface area contributed by atoms with E-state index in [9.17, 15) is 5.11 Å². The van der Waals surface area contributed by atoms with Crippen LogP contribution in [0.1, 0.15) is 52.6 Å². The molecular weight excluding hydrogens is 250 g/mol. The van der Waals surface area contributed by atoms with Gasteiger partial charge in [0.05, 0.1) is 12.7 Å². The van der Waals surface area contributed by atoms with E-state index in [0.717, 1.165) is 12.2 Å². The van der Waals surface area contributed by atoms with Gasteiger partial charge in [-0.25, -0.2) is 0 Å². The first-order valence-corrected chi connectivity index (χ1v) is 7.55. The zero-order chi connectivity index (χ0) is 15.1. The first-order valence-electron chi connectivity index (χ1n) is 7.55. The summed E-state index contributed by atoms with van der Waals surface area (Å²) in [6, 6.07) is 8.54. The van der Waals surface area contributed by atoms with Gasteiger partial charge in [-0.05, 0) is 50.8 Å². The highest BCUT2D eigenvalue weighted by molar-refractivity contribution is 5.29. The molecule has 0 amide bonds. The molecule has 0 aliphatic rings. The maximum atomic E-state index is 9.43. The average Bonchev–Trinajstić information content (AvgIpc) is 2.37. The maximum absolute atomic E-state index is 9.43. The SMILES string of the molecule is CC(C)CC(CO)NC(C)c1ccc(OC(C)C)cc1. The predicted octanol–water partition coefficient (Wildman–Crippen LogP) is 3.53. The lowest BCUT2D eigenvalue weighted by atomic mass is 10.0. The highest BCUT2D eigenvalue weighted by atomic mass is 16.5. The molecule has 0 aliphatic carbocycles. The lowest BCUT2D eigenvalue weighted by molar-refractivity contribution is 0.215. The van der Waals surface area contributed by atoms with Crippen molar-refractivity contribution < 1.29 is 9.84 Å². The number of benzene rings is 1. The molecule has 0 spiro atoms. The average molecular weight is 279 g/mol. The highest BCUT2D eigenvalue weighted by Crippen LogP contribution is 2.19. The van der Waals surface area contributed by atoms with Crippen molar-refractivity contribution in [2.45, 2.75) is 59.2 Å². The standard InChI is InChI=1S/C17H29NO2/c1-12(2)10-16(11-19)18-14(5)15-6-8-17(9-7-15)20-13(3)4/h6-9,12-14,16,18-19H,10-11H2,1-5H3. The summed E-state index contributed by atoms with van der Waals surface area (Å²) in [6.07, 6.45) is 1.18. The van der Waals surface area contributed by atoms with E-state index in [1.807, 2.05) is 26.0 Å². The van der Waals surface area contributed by atoms with Crippen molar-refractivity contribution in [3.05, 3.63) is 29.8 Å². The molecular formula is C17H29NO2. The second-order valence-electron chi connectivity index (χ2n) is 6.13. The Hall–Kier alpha value is -1.06. The molecule has 0 fully saturated rings. The van der Waals surface area contributed by atoms with Crippen molar-refractivity contribution in [1.29, 1.82) is 0 Å². The fourth-order valence-corrected chi connectivity index (χ4v) is 2.32. The Morgan fingerprint density at radius 1 is 1.05 bits per heavy atom.